The predicted molar refractivity (Wildman–Crippen MR) is 71.7 cm³/mol. The maximum atomic E-state index is 12.0. The van der Waals surface area contributed by atoms with Crippen molar-refractivity contribution < 1.29 is 14.6 Å². The fourth-order valence-corrected chi connectivity index (χ4v) is 1.46. The van der Waals surface area contributed by atoms with Gasteiger partial charge in [-0.05, 0) is 18.2 Å². The van der Waals surface area contributed by atoms with Crippen LogP contribution in [0.15, 0.2) is 18.2 Å². The van der Waals surface area contributed by atoms with E-state index in [1.807, 2.05) is 19.0 Å². The number of aliphatic hydroxyl groups is 1. The zero-order chi connectivity index (χ0) is 13.7. The zero-order valence-corrected chi connectivity index (χ0v) is 11.0. The van der Waals surface area contributed by atoms with Crippen molar-refractivity contribution in [2.45, 2.75) is 6.92 Å². The summed E-state index contributed by atoms with van der Waals surface area (Å²) in [6, 6.07) is 5.12. The average molecular weight is 252 g/mol. The summed E-state index contributed by atoms with van der Waals surface area (Å²) < 4.78 is 5.15. The van der Waals surface area contributed by atoms with E-state index in [0.717, 1.165) is 5.69 Å². The van der Waals surface area contributed by atoms with Crippen LogP contribution in [-0.4, -0.2) is 38.4 Å². The molecule has 5 heteroatoms. The van der Waals surface area contributed by atoms with E-state index < -0.39 is 5.97 Å². The number of nitrogens with two attached hydrogens (primary N) is 1. The molecule has 0 aliphatic carbocycles. The van der Waals surface area contributed by atoms with Crippen LogP contribution in [0.3, 0.4) is 0 Å². The first-order valence-electron chi connectivity index (χ1n) is 5.80. The molecule has 3 N–H and O–H groups in total. The first-order valence-corrected chi connectivity index (χ1v) is 5.80. The second-order valence-electron chi connectivity index (χ2n) is 4.56. The van der Waals surface area contributed by atoms with Crippen LogP contribution < -0.4 is 10.6 Å². The minimum absolute atomic E-state index is 0.00918. The number of nitrogens with zero attached hydrogens (tertiary/aromatic N) is 1. The van der Waals surface area contributed by atoms with Crippen molar-refractivity contribution in [3.63, 3.8) is 0 Å². The molecule has 0 radical (unpaired) electrons. The van der Waals surface area contributed by atoms with Gasteiger partial charge in [-0.2, -0.15) is 0 Å². The standard InChI is InChI=1S/C13H20N2O3/c1-9(7-16)8-18-13(17)11-6-10(14)4-5-12(11)15(2)3/h4-6,9,16H,7-8,14H2,1-3H3. The van der Waals surface area contributed by atoms with Crippen LogP contribution >= 0.6 is 0 Å². The van der Waals surface area contributed by atoms with Gasteiger partial charge in [0.2, 0.25) is 0 Å². The summed E-state index contributed by atoms with van der Waals surface area (Å²) in [5, 5.41) is 8.89. The molecule has 1 atom stereocenters. The lowest BCUT2D eigenvalue weighted by molar-refractivity contribution is 0.0406. The lowest BCUT2D eigenvalue weighted by Gasteiger charge is -2.17. The summed E-state index contributed by atoms with van der Waals surface area (Å²) in [5.41, 5.74) is 7.39. The quantitative estimate of drug-likeness (QED) is 0.606. The van der Waals surface area contributed by atoms with E-state index in [0.29, 0.717) is 11.3 Å². The molecule has 0 saturated heterocycles. The topological polar surface area (TPSA) is 75.8 Å². The Bertz CT molecular complexity index is 419. The summed E-state index contributed by atoms with van der Waals surface area (Å²) in [5.74, 6) is -0.496. The number of carbonyl (C=O) groups is 1. The van der Waals surface area contributed by atoms with Crippen molar-refractivity contribution in [1.29, 1.82) is 0 Å². The molecular weight excluding hydrogens is 232 g/mol. The SMILES string of the molecule is CC(CO)COC(=O)c1cc(N)ccc1N(C)C. The van der Waals surface area contributed by atoms with Gasteiger partial charge in [-0.25, -0.2) is 4.79 Å². The van der Waals surface area contributed by atoms with Crippen molar-refractivity contribution in [3.8, 4) is 0 Å². The molecule has 0 heterocycles. The summed E-state index contributed by atoms with van der Waals surface area (Å²) >= 11 is 0. The molecule has 1 aromatic carbocycles. The lowest BCUT2D eigenvalue weighted by Crippen LogP contribution is -2.18. The molecule has 0 fully saturated rings. The second-order valence-corrected chi connectivity index (χ2v) is 4.56. The molecule has 5 nitrogen and oxygen atoms in total. The summed E-state index contributed by atoms with van der Waals surface area (Å²) in [7, 11) is 3.69. The van der Waals surface area contributed by atoms with Crippen LogP contribution in [0.25, 0.3) is 0 Å². The molecule has 0 amide bonds. The van der Waals surface area contributed by atoms with Crippen molar-refractivity contribution in [2.75, 3.05) is 37.9 Å². The van der Waals surface area contributed by atoms with Crippen molar-refractivity contribution in [2.24, 2.45) is 5.92 Å². The third kappa shape index (κ3) is 3.63. The van der Waals surface area contributed by atoms with Crippen LogP contribution in [-0.2, 0) is 4.74 Å². The highest BCUT2D eigenvalue weighted by Crippen LogP contribution is 2.22. The van der Waals surface area contributed by atoms with E-state index in [1.165, 1.54) is 0 Å². The Morgan fingerprint density at radius 2 is 2.17 bits per heavy atom. The second kappa shape index (κ2) is 6.26. The van der Waals surface area contributed by atoms with Crippen LogP contribution in [0.4, 0.5) is 11.4 Å². The van der Waals surface area contributed by atoms with Gasteiger partial charge in [0.25, 0.3) is 0 Å². The molecule has 1 rings (SSSR count). The van der Waals surface area contributed by atoms with Gasteiger partial charge in [-0.1, -0.05) is 6.92 Å². The Morgan fingerprint density at radius 1 is 1.50 bits per heavy atom. The van der Waals surface area contributed by atoms with Crippen molar-refractivity contribution in [1.82, 2.24) is 0 Å². The normalized spacial score (nSPS) is 12.0. The van der Waals surface area contributed by atoms with Gasteiger partial charge in [-0.3, -0.25) is 0 Å². The van der Waals surface area contributed by atoms with E-state index in [4.69, 9.17) is 15.6 Å². The molecule has 0 aromatic heterocycles. The van der Waals surface area contributed by atoms with Gasteiger partial charge in [0.1, 0.15) is 0 Å². The number of ether oxygens (including phenoxy) is 1. The first kappa shape index (κ1) is 14.3. The number of aliphatic hydroxyl groups excluding tert-OH is 1. The third-order valence-electron chi connectivity index (χ3n) is 2.53. The van der Waals surface area contributed by atoms with Gasteiger partial charge in [0.15, 0.2) is 0 Å². The monoisotopic (exact) mass is 252 g/mol. The Kier molecular flexibility index (Phi) is 4.97. The number of benzene rings is 1. The summed E-state index contributed by atoms with van der Waals surface area (Å²) in [6.45, 7) is 1.99. The highest BCUT2D eigenvalue weighted by molar-refractivity contribution is 5.96. The maximum Gasteiger partial charge on any atom is 0.340 e. The maximum absolute atomic E-state index is 12.0. The van der Waals surface area contributed by atoms with E-state index >= 15 is 0 Å². The molecule has 1 aromatic rings. The molecule has 1 unspecified atom stereocenters. The molecule has 0 bridgehead atoms. The van der Waals surface area contributed by atoms with Gasteiger partial charge in [-0.15, -0.1) is 0 Å². The van der Waals surface area contributed by atoms with Gasteiger partial charge < -0.3 is 20.5 Å². The number of carbonyl (C=O) groups excluding carboxylic acids is 1. The largest absolute Gasteiger partial charge is 0.462 e. The predicted octanol–water partition coefficient (Wildman–Crippen LogP) is 1.12. The van der Waals surface area contributed by atoms with Gasteiger partial charge in [0.05, 0.1) is 17.9 Å². The fraction of sp³-hybridized carbons (Fsp3) is 0.462. The van der Waals surface area contributed by atoms with Gasteiger partial charge in [0, 0.05) is 32.3 Å². The Labute approximate surface area is 107 Å². The average Bonchev–Trinajstić information content (AvgIpc) is 2.34. The van der Waals surface area contributed by atoms with Crippen molar-refractivity contribution in [3.05, 3.63) is 23.8 Å². The number of nitrogen functional groups attached to an aromatic ring is 1. The Hall–Kier alpha value is -1.75. The number of rotatable bonds is 5. The molecular formula is C13H20N2O3. The first-order chi connectivity index (χ1) is 8.45. The zero-order valence-electron chi connectivity index (χ0n) is 11.0. The summed E-state index contributed by atoms with van der Waals surface area (Å²) in [6.07, 6.45) is 0. The van der Waals surface area contributed by atoms with Gasteiger partial charge >= 0.3 is 5.97 Å². The number of hydrogen-bond acceptors (Lipinski definition) is 5. The minimum atomic E-state index is -0.425. The smallest absolute Gasteiger partial charge is 0.340 e. The van der Waals surface area contributed by atoms with Crippen LogP contribution in [0, 0.1) is 5.92 Å². The molecule has 0 aliphatic heterocycles. The minimum Gasteiger partial charge on any atom is -0.462 e. The highest BCUT2D eigenvalue weighted by atomic mass is 16.5. The van der Waals surface area contributed by atoms with E-state index in [9.17, 15) is 4.79 Å². The molecule has 0 saturated carbocycles. The molecule has 0 aliphatic rings. The number of anilines is 2. The fourth-order valence-electron chi connectivity index (χ4n) is 1.46. The highest BCUT2D eigenvalue weighted by Gasteiger charge is 2.15. The van der Waals surface area contributed by atoms with Crippen LogP contribution in [0.5, 0.6) is 0 Å². The Morgan fingerprint density at radius 3 is 2.72 bits per heavy atom. The van der Waals surface area contributed by atoms with E-state index in [1.54, 1.807) is 25.1 Å². The van der Waals surface area contributed by atoms with Crippen LogP contribution in [0.2, 0.25) is 0 Å². The molecule has 100 valence electrons. The number of esters is 1. The molecule has 0 spiro atoms. The molecule has 18 heavy (non-hydrogen) atoms. The van der Waals surface area contributed by atoms with E-state index in [-0.39, 0.29) is 19.1 Å². The van der Waals surface area contributed by atoms with E-state index in [2.05, 4.69) is 0 Å². The van der Waals surface area contributed by atoms with Crippen LogP contribution in [0.1, 0.15) is 17.3 Å². The number of hydrogen-bond donors (Lipinski definition) is 2. The third-order valence-corrected chi connectivity index (χ3v) is 2.53. The van der Waals surface area contributed by atoms with Crippen molar-refractivity contribution >= 4 is 17.3 Å². The Balaban J connectivity index is 2.87. The lowest BCUT2D eigenvalue weighted by atomic mass is 10.1. The summed E-state index contributed by atoms with van der Waals surface area (Å²) in [4.78, 5) is 13.8.